The molecule has 0 radical (unpaired) electrons. The topological polar surface area (TPSA) is 38.2 Å². The van der Waals surface area contributed by atoms with Crippen molar-refractivity contribution in [2.75, 3.05) is 11.7 Å². The number of hydroxylamine groups is 1. The zero-order chi connectivity index (χ0) is 13.2. The molecule has 1 unspecified atom stereocenters. The van der Waals surface area contributed by atoms with Gasteiger partial charge >= 0.3 is 0 Å². The predicted octanol–water partition coefficient (Wildman–Crippen LogP) is 2.64. The molecule has 3 rings (SSSR count). The van der Waals surface area contributed by atoms with E-state index < -0.39 is 11.6 Å². The van der Waals surface area contributed by atoms with E-state index in [1.165, 1.54) is 17.5 Å². The quantitative estimate of drug-likeness (QED) is 0.834. The Kier molecular flexibility index (Phi) is 3.08. The van der Waals surface area contributed by atoms with Gasteiger partial charge in [0.05, 0.1) is 12.6 Å². The van der Waals surface area contributed by atoms with Crippen LogP contribution in [-0.2, 0) is 4.84 Å². The minimum atomic E-state index is -0.855. The van der Waals surface area contributed by atoms with Gasteiger partial charge in [-0.1, -0.05) is 12.1 Å². The number of hydrogen-bond donors (Lipinski definition) is 0. The van der Waals surface area contributed by atoms with E-state index in [-0.39, 0.29) is 11.6 Å². The summed E-state index contributed by atoms with van der Waals surface area (Å²) in [6.45, 7) is 0.435. The smallest absolute Gasteiger partial charge is 0.164 e. The van der Waals surface area contributed by atoms with E-state index in [4.69, 9.17) is 4.84 Å². The van der Waals surface area contributed by atoms with E-state index in [1.54, 1.807) is 18.3 Å². The molecular weight excluding hydrogens is 252 g/mol. The van der Waals surface area contributed by atoms with Gasteiger partial charge in [0.15, 0.2) is 17.5 Å². The summed E-state index contributed by atoms with van der Waals surface area (Å²) in [5, 5.41) is 1.50. The molecule has 1 aromatic carbocycles. The molecule has 98 valence electrons. The summed E-state index contributed by atoms with van der Waals surface area (Å²) >= 11 is 0. The fourth-order valence-electron chi connectivity index (χ4n) is 2.17. The molecule has 1 aliphatic heterocycles. The summed E-state index contributed by atoms with van der Waals surface area (Å²) < 4.78 is 27.2. The third-order valence-electron chi connectivity index (χ3n) is 3.04. The highest BCUT2D eigenvalue weighted by atomic mass is 19.2. The molecule has 1 atom stereocenters. The highest BCUT2D eigenvalue weighted by Crippen LogP contribution is 2.35. The lowest BCUT2D eigenvalue weighted by Gasteiger charge is -2.23. The molecule has 6 heteroatoms. The molecule has 1 fully saturated rings. The number of aromatic nitrogens is 2. The van der Waals surface area contributed by atoms with E-state index in [9.17, 15) is 8.78 Å². The number of halogens is 2. The van der Waals surface area contributed by atoms with Crippen LogP contribution in [0.3, 0.4) is 0 Å². The first kappa shape index (κ1) is 12.0. The first-order valence-corrected chi connectivity index (χ1v) is 5.89. The van der Waals surface area contributed by atoms with Gasteiger partial charge in [0.25, 0.3) is 0 Å². The van der Waals surface area contributed by atoms with Crippen LogP contribution in [-0.4, -0.2) is 16.6 Å². The van der Waals surface area contributed by atoms with Crippen molar-refractivity contribution < 1.29 is 13.6 Å². The Morgan fingerprint density at radius 2 is 2.16 bits per heavy atom. The van der Waals surface area contributed by atoms with E-state index in [2.05, 4.69) is 9.97 Å². The summed E-state index contributed by atoms with van der Waals surface area (Å²) in [7, 11) is 0. The molecule has 0 N–H and O–H groups in total. The molecule has 1 aliphatic rings. The number of rotatable bonds is 2. The van der Waals surface area contributed by atoms with Crippen LogP contribution in [0.15, 0.2) is 36.8 Å². The van der Waals surface area contributed by atoms with Crippen molar-refractivity contribution in [3.8, 4) is 0 Å². The Balaban J connectivity index is 1.98. The molecule has 0 saturated carbocycles. The highest BCUT2D eigenvalue weighted by molar-refractivity contribution is 5.39. The van der Waals surface area contributed by atoms with Crippen LogP contribution in [0.2, 0.25) is 0 Å². The van der Waals surface area contributed by atoms with E-state index >= 15 is 0 Å². The average molecular weight is 263 g/mol. The average Bonchev–Trinajstić information content (AvgIpc) is 2.92. The number of nitrogens with zero attached hydrogens (tertiary/aromatic N) is 3. The lowest BCUT2D eigenvalue weighted by molar-refractivity contribution is 0.156. The zero-order valence-electron chi connectivity index (χ0n) is 9.96. The molecule has 0 aliphatic carbocycles. The standard InChI is InChI=1S/C13H11F2N3O/c14-10-3-1-2-9(13(10)15)11-5-7-19-18(11)12-4-6-16-8-17-12/h1-4,6,8,11H,5,7H2. The van der Waals surface area contributed by atoms with Gasteiger partial charge in [-0.05, 0) is 6.07 Å². The number of benzene rings is 1. The van der Waals surface area contributed by atoms with Crippen molar-refractivity contribution in [3.63, 3.8) is 0 Å². The highest BCUT2D eigenvalue weighted by Gasteiger charge is 2.31. The van der Waals surface area contributed by atoms with Crippen molar-refractivity contribution in [1.82, 2.24) is 9.97 Å². The summed E-state index contributed by atoms with van der Waals surface area (Å²) in [6, 6.07) is 5.43. The molecule has 0 bridgehead atoms. The molecule has 1 saturated heterocycles. The molecule has 0 amide bonds. The van der Waals surface area contributed by atoms with E-state index in [1.807, 2.05) is 0 Å². The van der Waals surface area contributed by atoms with Crippen molar-refractivity contribution >= 4 is 5.82 Å². The lowest BCUT2D eigenvalue weighted by Crippen LogP contribution is -2.23. The van der Waals surface area contributed by atoms with Crippen LogP contribution in [0.1, 0.15) is 18.0 Å². The van der Waals surface area contributed by atoms with Crippen LogP contribution in [0.5, 0.6) is 0 Å². The summed E-state index contributed by atoms with van der Waals surface area (Å²) in [5.74, 6) is -1.16. The molecule has 2 heterocycles. The van der Waals surface area contributed by atoms with Gasteiger partial charge in [0.2, 0.25) is 0 Å². The molecule has 19 heavy (non-hydrogen) atoms. The number of anilines is 1. The van der Waals surface area contributed by atoms with E-state index in [0.717, 1.165) is 6.07 Å². The maximum absolute atomic E-state index is 13.9. The maximum Gasteiger partial charge on any atom is 0.164 e. The molecule has 0 spiro atoms. The monoisotopic (exact) mass is 263 g/mol. The van der Waals surface area contributed by atoms with Gasteiger partial charge in [-0.15, -0.1) is 0 Å². The van der Waals surface area contributed by atoms with Crippen LogP contribution in [0, 0.1) is 11.6 Å². The second kappa shape index (κ2) is 4.89. The van der Waals surface area contributed by atoms with Gasteiger partial charge in [-0.25, -0.2) is 23.8 Å². The lowest BCUT2D eigenvalue weighted by atomic mass is 10.0. The second-order valence-corrected chi connectivity index (χ2v) is 4.17. The van der Waals surface area contributed by atoms with Gasteiger partial charge in [0.1, 0.15) is 6.33 Å². The molecular formula is C13H11F2N3O. The fourth-order valence-corrected chi connectivity index (χ4v) is 2.17. The first-order valence-electron chi connectivity index (χ1n) is 5.89. The van der Waals surface area contributed by atoms with Crippen LogP contribution in [0.4, 0.5) is 14.6 Å². The molecule has 2 aromatic rings. The summed E-state index contributed by atoms with van der Waals surface area (Å²) in [5.41, 5.74) is 0.274. The Hall–Kier alpha value is -2.08. The van der Waals surface area contributed by atoms with Crippen molar-refractivity contribution in [2.45, 2.75) is 12.5 Å². The van der Waals surface area contributed by atoms with Gasteiger partial charge in [-0.3, -0.25) is 4.84 Å². The summed E-state index contributed by atoms with van der Waals surface area (Å²) in [4.78, 5) is 13.3. The zero-order valence-corrected chi connectivity index (χ0v) is 9.96. The van der Waals surface area contributed by atoms with Gasteiger partial charge in [0, 0.05) is 24.2 Å². The Labute approximate surface area is 108 Å². The molecule has 4 nitrogen and oxygen atoms in total. The van der Waals surface area contributed by atoms with E-state index in [0.29, 0.717) is 18.8 Å². The second-order valence-electron chi connectivity index (χ2n) is 4.17. The minimum absolute atomic E-state index is 0.274. The number of hydrogen-bond acceptors (Lipinski definition) is 4. The third kappa shape index (κ3) is 2.15. The van der Waals surface area contributed by atoms with Gasteiger partial charge in [-0.2, -0.15) is 0 Å². The van der Waals surface area contributed by atoms with Crippen molar-refractivity contribution in [3.05, 3.63) is 54.0 Å². The fraction of sp³-hybridized carbons (Fsp3) is 0.231. The Bertz CT molecular complexity index is 579. The first-order chi connectivity index (χ1) is 9.27. The van der Waals surface area contributed by atoms with Crippen LogP contribution >= 0.6 is 0 Å². The summed E-state index contributed by atoms with van der Waals surface area (Å²) in [6.07, 6.45) is 3.53. The maximum atomic E-state index is 13.9. The van der Waals surface area contributed by atoms with Crippen LogP contribution < -0.4 is 5.06 Å². The van der Waals surface area contributed by atoms with Crippen molar-refractivity contribution in [1.29, 1.82) is 0 Å². The van der Waals surface area contributed by atoms with Gasteiger partial charge < -0.3 is 0 Å². The van der Waals surface area contributed by atoms with Crippen molar-refractivity contribution in [2.24, 2.45) is 0 Å². The Morgan fingerprint density at radius 3 is 2.95 bits per heavy atom. The predicted molar refractivity (Wildman–Crippen MR) is 64.2 cm³/mol. The third-order valence-corrected chi connectivity index (χ3v) is 3.04. The minimum Gasteiger partial charge on any atom is -0.271 e. The normalized spacial score (nSPS) is 18.8. The largest absolute Gasteiger partial charge is 0.271 e. The Morgan fingerprint density at radius 1 is 1.26 bits per heavy atom. The van der Waals surface area contributed by atoms with Crippen LogP contribution in [0.25, 0.3) is 0 Å². The SMILES string of the molecule is Fc1cccc(C2CCON2c2ccncn2)c1F. The molecule has 1 aromatic heterocycles.